The van der Waals surface area contributed by atoms with Gasteiger partial charge in [0, 0.05) is 17.1 Å². The summed E-state index contributed by atoms with van der Waals surface area (Å²) in [7, 11) is 0. The second-order valence-corrected chi connectivity index (χ2v) is 6.28. The predicted molar refractivity (Wildman–Crippen MR) is 102 cm³/mol. The number of aromatic nitrogens is 1. The Kier molecular flexibility index (Phi) is 3.33. The van der Waals surface area contributed by atoms with E-state index in [-0.39, 0.29) is 11.8 Å². The van der Waals surface area contributed by atoms with Crippen molar-refractivity contribution in [3.05, 3.63) is 90.1 Å². The molecule has 1 aromatic heterocycles. The van der Waals surface area contributed by atoms with Crippen molar-refractivity contribution in [2.45, 2.75) is 0 Å². The van der Waals surface area contributed by atoms with Gasteiger partial charge in [-0.2, -0.15) is 0 Å². The number of amides is 2. The molecule has 0 unspecified atom stereocenters. The minimum Gasteiger partial charge on any atom is -0.457 e. The summed E-state index contributed by atoms with van der Waals surface area (Å²) < 4.78 is 5.77. The third kappa shape index (κ3) is 2.40. The molecule has 1 N–H and O–H groups in total. The van der Waals surface area contributed by atoms with Crippen molar-refractivity contribution in [1.82, 2.24) is 4.98 Å². The number of fused-ring (bicyclic) bond motifs is 3. The number of ether oxygens (including phenoxy) is 1. The molecule has 0 bridgehead atoms. The van der Waals surface area contributed by atoms with Crippen LogP contribution in [-0.4, -0.2) is 16.8 Å². The molecule has 0 aliphatic carbocycles. The van der Waals surface area contributed by atoms with E-state index in [1.807, 2.05) is 42.5 Å². The van der Waals surface area contributed by atoms with Gasteiger partial charge in [0.1, 0.15) is 11.5 Å². The Morgan fingerprint density at radius 2 is 1.48 bits per heavy atom. The number of imide groups is 1. The zero-order chi connectivity index (χ0) is 18.4. The van der Waals surface area contributed by atoms with E-state index >= 15 is 0 Å². The fourth-order valence-electron chi connectivity index (χ4n) is 3.39. The lowest BCUT2D eigenvalue weighted by molar-refractivity contribution is 0.0926. The van der Waals surface area contributed by atoms with Crippen molar-refractivity contribution in [2.24, 2.45) is 0 Å². The number of anilines is 1. The number of carbonyl (C=O) groups excluding carboxylic acids is 2. The Bertz CT molecular complexity index is 1180. The molecule has 0 saturated heterocycles. The van der Waals surface area contributed by atoms with Crippen LogP contribution >= 0.6 is 0 Å². The fourth-order valence-corrected chi connectivity index (χ4v) is 3.39. The largest absolute Gasteiger partial charge is 0.457 e. The summed E-state index contributed by atoms with van der Waals surface area (Å²) in [5.41, 5.74) is 2.23. The molecule has 130 valence electrons. The van der Waals surface area contributed by atoms with Crippen molar-refractivity contribution in [1.29, 1.82) is 0 Å². The van der Waals surface area contributed by atoms with Crippen LogP contribution in [0.2, 0.25) is 0 Å². The molecule has 0 radical (unpaired) electrons. The number of nitrogens with one attached hydrogen (secondary N) is 1. The lowest BCUT2D eigenvalue weighted by Crippen LogP contribution is -2.29. The Hall–Kier alpha value is -3.86. The molecule has 3 aromatic carbocycles. The first kappa shape index (κ1) is 15.4. The van der Waals surface area contributed by atoms with Crippen LogP contribution in [0.4, 0.5) is 5.69 Å². The van der Waals surface area contributed by atoms with Crippen molar-refractivity contribution >= 4 is 28.4 Å². The fraction of sp³-hybridized carbons (Fsp3) is 0. The van der Waals surface area contributed by atoms with Gasteiger partial charge in [-0.25, -0.2) is 4.90 Å². The molecule has 5 heteroatoms. The van der Waals surface area contributed by atoms with Crippen LogP contribution in [0.5, 0.6) is 11.5 Å². The van der Waals surface area contributed by atoms with Gasteiger partial charge in [-0.3, -0.25) is 9.59 Å². The molecule has 2 heterocycles. The number of hydrogen-bond acceptors (Lipinski definition) is 3. The normalized spacial score (nSPS) is 13.3. The van der Waals surface area contributed by atoms with E-state index in [2.05, 4.69) is 4.98 Å². The van der Waals surface area contributed by atoms with E-state index in [0.29, 0.717) is 22.6 Å². The smallest absolute Gasteiger partial charge is 0.266 e. The van der Waals surface area contributed by atoms with Gasteiger partial charge in [0.15, 0.2) is 0 Å². The summed E-state index contributed by atoms with van der Waals surface area (Å²) in [6.45, 7) is 0. The molecule has 1 aliphatic rings. The number of carbonyl (C=O) groups is 2. The summed E-state index contributed by atoms with van der Waals surface area (Å²) in [4.78, 5) is 30.1. The Morgan fingerprint density at radius 1 is 0.741 bits per heavy atom. The molecule has 5 nitrogen and oxygen atoms in total. The van der Waals surface area contributed by atoms with Crippen LogP contribution in [0.25, 0.3) is 10.9 Å². The minimum absolute atomic E-state index is 0.308. The second kappa shape index (κ2) is 5.85. The topological polar surface area (TPSA) is 62.4 Å². The zero-order valence-electron chi connectivity index (χ0n) is 14.2. The molecule has 5 rings (SSSR count). The molecule has 0 spiro atoms. The molecule has 0 fully saturated rings. The van der Waals surface area contributed by atoms with Gasteiger partial charge in [-0.15, -0.1) is 0 Å². The standard InChI is InChI=1S/C22H14N2O3/c25-21-18-10-11-19-17(12-13-23-19)20(18)22(26)24(21)14-6-8-16(9-7-14)27-15-4-2-1-3-5-15/h1-13,23H. The molecule has 2 amide bonds. The Balaban J connectivity index is 1.48. The highest BCUT2D eigenvalue weighted by Gasteiger charge is 2.38. The van der Waals surface area contributed by atoms with Crippen LogP contribution in [0.15, 0.2) is 79.0 Å². The number of aromatic amines is 1. The number of para-hydroxylation sites is 1. The summed E-state index contributed by atoms with van der Waals surface area (Å²) in [5, 5.41) is 0.761. The van der Waals surface area contributed by atoms with Gasteiger partial charge in [-0.05, 0) is 54.6 Å². The minimum atomic E-state index is -0.310. The Labute approximate surface area is 154 Å². The van der Waals surface area contributed by atoms with Gasteiger partial charge in [-0.1, -0.05) is 18.2 Å². The first-order valence-corrected chi connectivity index (χ1v) is 8.54. The molecule has 1 aliphatic heterocycles. The number of H-pyrrole nitrogens is 1. The number of hydrogen-bond donors (Lipinski definition) is 1. The van der Waals surface area contributed by atoms with Crippen molar-refractivity contribution in [3.8, 4) is 11.5 Å². The van der Waals surface area contributed by atoms with Crippen molar-refractivity contribution < 1.29 is 14.3 Å². The number of nitrogens with zero attached hydrogens (tertiary/aromatic N) is 1. The van der Waals surface area contributed by atoms with Gasteiger partial charge in [0.05, 0.1) is 16.8 Å². The highest BCUT2D eigenvalue weighted by molar-refractivity contribution is 6.37. The van der Waals surface area contributed by atoms with Crippen LogP contribution in [-0.2, 0) is 0 Å². The summed E-state index contributed by atoms with van der Waals surface area (Å²) in [6.07, 6.45) is 1.76. The molecular formula is C22H14N2O3. The average molecular weight is 354 g/mol. The zero-order valence-corrected chi connectivity index (χ0v) is 14.2. The van der Waals surface area contributed by atoms with E-state index < -0.39 is 0 Å². The van der Waals surface area contributed by atoms with E-state index in [9.17, 15) is 9.59 Å². The maximum atomic E-state index is 13.0. The molecule has 0 atom stereocenters. The van der Waals surface area contributed by atoms with Crippen LogP contribution in [0.1, 0.15) is 20.7 Å². The third-order valence-corrected chi connectivity index (χ3v) is 4.66. The third-order valence-electron chi connectivity index (χ3n) is 4.66. The molecule has 27 heavy (non-hydrogen) atoms. The second-order valence-electron chi connectivity index (χ2n) is 6.28. The first-order valence-electron chi connectivity index (χ1n) is 8.54. The van der Waals surface area contributed by atoms with Crippen LogP contribution in [0.3, 0.4) is 0 Å². The predicted octanol–water partition coefficient (Wildman–Crippen LogP) is 4.76. The number of benzene rings is 3. The van der Waals surface area contributed by atoms with E-state index in [1.54, 1.807) is 36.5 Å². The lowest BCUT2D eigenvalue weighted by atomic mass is 10.1. The average Bonchev–Trinajstić information content (AvgIpc) is 3.26. The van der Waals surface area contributed by atoms with E-state index in [1.165, 1.54) is 4.90 Å². The van der Waals surface area contributed by atoms with Crippen LogP contribution in [0, 0.1) is 0 Å². The van der Waals surface area contributed by atoms with Crippen molar-refractivity contribution in [2.75, 3.05) is 4.90 Å². The SMILES string of the molecule is O=C1c2ccc3[nH]ccc3c2C(=O)N1c1ccc(Oc2ccccc2)cc1. The van der Waals surface area contributed by atoms with Gasteiger partial charge in [0.2, 0.25) is 0 Å². The summed E-state index contributed by atoms with van der Waals surface area (Å²) in [5.74, 6) is 0.738. The molecule has 0 saturated carbocycles. The lowest BCUT2D eigenvalue weighted by Gasteiger charge is -2.14. The maximum Gasteiger partial charge on any atom is 0.266 e. The van der Waals surface area contributed by atoms with Gasteiger partial charge >= 0.3 is 0 Å². The summed E-state index contributed by atoms with van der Waals surface area (Å²) >= 11 is 0. The first-order chi connectivity index (χ1) is 13.2. The molecular weight excluding hydrogens is 340 g/mol. The van der Waals surface area contributed by atoms with Gasteiger partial charge < -0.3 is 9.72 Å². The van der Waals surface area contributed by atoms with E-state index in [4.69, 9.17) is 4.74 Å². The monoisotopic (exact) mass is 354 g/mol. The van der Waals surface area contributed by atoms with Crippen molar-refractivity contribution in [3.63, 3.8) is 0 Å². The Morgan fingerprint density at radius 3 is 2.26 bits per heavy atom. The van der Waals surface area contributed by atoms with Gasteiger partial charge in [0.25, 0.3) is 11.8 Å². The van der Waals surface area contributed by atoms with E-state index in [0.717, 1.165) is 16.7 Å². The van der Waals surface area contributed by atoms with Crippen LogP contribution < -0.4 is 9.64 Å². The number of rotatable bonds is 3. The molecule has 4 aromatic rings. The maximum absolute atomic E-state index is 13.0. The highest BCUT2D eigenvalue weighted by atomic mass is 16.5. The highest BCUT2D eigenvalue weighted by Crippen LogP contribution is 2.34. The quantitative estimate of drug-likeness (QED) is 0.540. The summed E-state index contributed by atoms with van der Waals surface area (Å²) in [6, 6.07) is 21.7.